The lowest BCUT2D eigenvalue weighted by molar-refractivity contribution is 0.168. The Hall–Kier alpha value is -3.65. The molecule has 0 aliphatic heterocycles. The number of methoxy groups -OCH3 is 1. The Kier molecular flexibility index (Phi) is 8.39. The second-order valence-corrected chi connectivity index (χ2v) is 6.98. The highest BCUT2D eigenvalue weighted by atomic mass is 16.5. The molecule has 0 saturated carbocycles. The first-order valence-corrected chi connectivity index (χ1v) is 10.4. The Morgan fingerprint density at radius 3 is 2.62 bits per heavy atom. The molecule has 1 heterocycles. The fraction of sp³-hybridized carbons (Fsp3) is 0.292. The van der Waals surface area contributed by atoms with Crippen molar-refractivity contribution >= 4 is 11.8 Å². The normalized spacial score (nSPS) is 10.6. The number of amides is 1. The van der Waals surface area contributed by atoms with Crippen molar-refractivity contribution in [2.75, 3.05) is 32.2 Å². The van der Waals surface area contributed by atoms with Gasteiger partial charge in [-0.3, -0.25) is 10.1 Å². The van der Waals surface area contributed by atoms with Crippen LogP contribution in [0.15, 0.2) is 65.5 Å². The molecule has 0 aliphatic rings. The van der Waals surface area contributed by atoms with Gasteiger partial charge < -0.3 is 14.2 Å². The summed E-state index contributed by atoms with van der Waals surface area (Å²) in [6.07, 6.45) is 0.300. The summed E-state index contributed by atoms with van der Waals surface area (Å²) in [5.41, 5.74) is 2.75. The number of rotatable bonds is 10. The third kappa shape index (κ3) is 6.68. The molecule has 0 saturated heterocycles. The molecule has 0 unspecified atom stereocenters. The van der Waals surface area contributed by atoms with Crippen LogP contribution in [-0.2, 0) is 16.0 Å². The SMILES string of the molecule is CCOC(=O)Nc1cccc(Cn2nc(-c3ccc(OCCCOC)cc3)ccc2=O)c1. The first-order valence-electron chi connectivity index (χ1n) is 10.4. The molecule has 32 heavy (non-hydrogen) atoms. The molecule has 0 aliphatic carbocycles. The van der Waals surface area contributed by atoms with E-state index in [0.717, 1.165) is 23.3 Å². The summed E-state index contributed by atoms with van der Waals surface area (Å²) in [4.78, 5) is 24.0. The van der Waals surface area contributed by atoms with Gasteiger partial charge in [-0.05, 0) is 55.0 Å². The average molecular weight is 437 g/mol. The first kappa shape index (κ1) is 23.0. The lowest BCUT2D eigenvalue weighted by atomic mass is 10.1. The van der Waals surface area contributed by atoms with Gasteiger partial charge in [-0.1, -0.05) is 12.1 Å². The van der Waals surface area contributed by atoms with Crippen LogP contribution in [0.5, 0.6) is 5.75 Å². The van der Waals surface area contributed by atoms with Crippen molar-refractivity contribution in [3.63, 3.8) is 0 Å². The maximum Gasteiger partial charge on any atom is 0.411 e. The van der Waals surface area contributed by atoms with Crippen LogP contribution in [0.25, 0.3) is 11.3 Å². The summed E-state index contributed by atoms with van der Waals surface area (Å²) in [6, 6.07) is 18.0. The number of nitrogens with one attached hydrogen (secondary N) is 1. The molecule has 8 heteroatoms. The van der Waals surface area contributed by atoms with Crippen molar-refractivity contribution in [2.24, 2.45) is 0 Å². The van der Waals surface area contributed by atoms with Crippen LogP contribution < -0.4 is 15.6 Å². The second kappa shape index (κ2) is 11.7. The quantitative estimate of drug-likeness (QED) is 0.483. The van der Waals surface area contributed by atoms with E-state index in [9.17, 15) is 9.59 Å². The molecular formula is C24H27N3O5. The molecule has 0 fully saturated rings. The van der Waals surface area contributed by atoms with E-state index in [0.29, 0.717) is 31.2 Å². The van der Waals surface area contributed by atoms with Gasteiger partial charge in [-0.2, -0.15) is 5.10 Å². The molecule has 3 aromatic rings. The molecular weight excluding hydrogens is 410 g/mol. The molecule has 0 spiro atoms. The molecule has 3 rings (SSSR count). The summed E-state index contributed by atoms with van der Waals surface area (Å²) in [6.45, 7) is 3.54. The molecule has 1 N–H and O–H groups in total. The van der Waals surface area contributed by atoms with Gasteiger partial charge in [0.2, 0.25) is 0 Å². The predicted octanol–water partition coefficient (Wildman–Crippen LogP) is 3.94. The molecule has 8 nitrogen and oxygen atoms in total. The van der Waals surface area contributed by atoms with E-state index in [-0.39, 0.29) is 12.1 Å². The standard InChI is InChI=1S/C24H27N3O5/c1-3-31-24(29)25-20-7-4-6-18(16-20)17-27-23(28)13-12-22(26-27)19-8-10-21(11-9-19)32-15-5-14-30-2/h4,6-13,16H,3,5,14-15,17H2,1-2H3,(H,25,29). The van der Waals surface area contributed by atoms with Crippen LogP contribution in [0, 0.1) is 0 Å². The van der Waals surface area contributed by atoms with E-state index in [1.54, 1.807) is 38.3 Å². The number of aromatic nitrogens is 2. The van der Waals surface area contributed by atoms with Gasteiger partial charge in [-0.25, -0.2) is 9.48 Å². The smallest absolute Gasteiger partial charge is 0.411 e. The van der Waals surface area contributed by atoms with Crippen molar-refractivity contribution in [2.45, 2.75) is 19.9 Å². The highest BCUT2D eigenvalue weighted by molar-refractivity contribution is 5.84. The Balaban J connectivity index is 1.71. The minimum Gasteiger partial charge on any atom is -0.494 e. The Bertz CT molecular complexity index is 1080. The third-order valence-electron chi connectivity index (χ3n) is 4.56. The van der Waals surface area contributed by atoms with Crippen LogP contribution in [0.1, 0.15) is 18.9 Å². The zero-order chi connectivity index (χ0) is 22.8. The van der Waals surface area contributed by atoms with E-state index in [2.05, 4.69) is 10.4 Å². The Morgan fingerprint density at radius 1 is 1.06 bits per heavy atom. The topological polar surface area (TPSA) is 91.7 Å². The van der Waals surface area contributed by atoms with Gasteiger partial charge in [-0.15, -0.1) is 0 Å². The van der Waals surface area contributed by atoms with E-state index < -0.39 is 6.09 Å². The van der Waals surface area contributed by atoms with E-state index in [1.807, 2.05) is 30.3 Å². The minimum atomic E-state index is -0.520. The van der Waals surface area contributed by atoms with Gasteiger partial charge in [0.15, 0.2) is 0 Å². The number of anilines is 1. The average Bonchev–Trinajstić information content (AvgIpc) is 2.79. The van der Waals surface area contributed by atoms with Crippen LogP contribution >= 0.6 is 0 Å². The molecule has 2 aromatic carbocycles. The summed E-state index contributed by atoms with van der Waals surface area (Å²) < 4.78 is 17.0. The van der Waals surface area contributed by atoms with Gasteiger partial charge in [0.25, 0.3) is 5.56 Å². The molecule has 1 amide bonds. The fourth-order valence-corrected chi connectivity index (χ4v) is 3.04. The van der Waals surface area contributed by atoms with Crippen molar-refractivity contribution in [1.29, 1.82) is 0 Å². The maximum atomic E-state index is 12.4. The van der Waals surface area contributed by atoms with E-state index in [4.69, 9.17) is 14.2 Å². The van der Waals surface area contributed by atoms with Crippen molar-refractivity contribution in [3.8, 4) is 17.0 Å². The molecule has 0 atom stereocenters. The van der Waals surface area contributed by atoms with Gasteiger partial charge >= 0.3 is 6.09 Å². The van der Waals surface area contributed by atoms with Gasteiger partial charge in [0, 0.05) is 37.5 Å². The van der Waals surface area contributed by atoms with Crippen LogP contribution in [0.2, 0.25) is 0 Å². The number of hydrogen-bond acceptors (Lipinski definition) is 6. The lowest BCUT2D eigenvalue weighted by Gasteiger charge is -2.10. The molecule has 0 bridgehead atoms. The summed E-state index contributed by atoms with van der Waals surface area (Å²) in [7, 11) is 1.67. The zero-order valence-corrected chi connectivity index (χ0v) is 18.2. The lowest BCUT2D eigenvalue weighted by Crippen LogP contribution is -2.23. The Labute approximate surface area is 186 Å². The highest BCUT2D eigenvalue weighted by Crippen LogP contribution is 2.20. The van der Waals surface area contributed by atoms with Gasteiger partial charge in [0.1, 0.15) is 5.75 Å². The summed E-state index contributed by atoms with van der Waals surface area (Å²) in [5.74, 6) is 0.768. The van der Waals surface area contributed by atoms with Crippen LogP contribution in [0.4, 0.5) is 10.5 Å². The first-order chi connectivity index (χ1) is 15.6. The van der Waals surface area contributed by atoms with E-state index in [1.165, 1.54) is 10.7 Å². The molecule has 168 valence electrons. The van der Waals surface area contributed by atoms with Crippen LogP contribution in [-0.4, -0.2) is 42.8 Å². The number of carbonyl (C=O) groups is 1. The number of ether oxygens (including phenoxy) is 3. The van der Waals surface area contributed by atoms with Gasteiger partial charge in [0.05, 0.1) is 25.5 Å². The highest BCUT2D eigenvalue weighted by Gasteiger charge is 2.07. The van der Waals surface area contributed by atoms with Crippen molar-refractivity contribution < 1.29 is 19.0 Å². The van der Waals surface area contributed by atoms with Crippen LogP contribution in [0.3, 0.4) is 0 Å². The predicted molar refractivity (Wildman–Crippen MR) is 122 cm³/mol. The fourth-order valence-electron chi connectivity index (χ4n) is 3.04. The number of hydrogen-bond donors (Lipinski definition) is 1. The number of benzene rings is 2. The largest absolute Gasteiger partial charge is 0.494 e. The Morgan fingerprint density at radius 2 is 1.88 bits per heavy atom. The zero-order valence-electron chi connectivity index (χ0n) is 18.2. The van der Waals surface area contributed by atoms with E-state index >= 15 is 0 Å². The monoisotopic (exact) mass is 437 g/mol. The summed E-state index contributed by atoms with van der Waals surface area (Å²) >= 11 is 0. The molecule has 1 aromatic heterocycles. The third-order valence-corrected chi connectivity index (χ3v) is 4.56. The number of carbonyl (C=O) groups excluding carboxylic acids is 1. The number of nitrogens with zero attached hydrogens (tertiary/aromatic N) is 2. The minimum absolute atomic E-state index is 0.212. The summed E-state index contributed by atoms with van der Waals surface area (Å²) in [5, 5.41) is 7.17. The van der Waals surface area contributed by atoms with Crippen molar-refractivity contribution in [1.82, 2.24) is 9.78 Å². The van der Waals surface area contributed by atoms with Crippen molar-refractivity contribution in [3.05, 3.63) is 76.6 Å². The molecule has 0 radical (unpaired) electrons. The maximum absolute atomic E-state index is 12.4. The second-order valence-electron chi connectivity index (χ2n) is 6.98.